The molecule has 0 radical (unpaired) electrons. The molecule has 0 saturated heterocycles. The predicted octanol–water partition coefficient (Wildman–Crippen LogP) is 1.64. The van der Waals surface area contributed by atoms with E-state index in [9.17, 15) is 13.6 Å². The number of carbonyl (C=O) groups is 1. The van der Waals surface area contributed by atoms with Crippen LogP contribution in [0.15, 0.2) is 18.2 Å². The topological polar surface area (TPSA) is 59.3 Å². The van der Waals surface area contributed by atoms with Crippen LogP contribution in [-0.4, -0.2) is 12.1 Å². The molecule has 1 heterocycles. The molecular formula is C10H5F2NO3. The normalized spacial score (nSPS) is 15.6. The molecule has 1 aromatic carbocycles. The second-order valence-electron chi connectivity index (χ2n) is 3.12. The molecule has 1 aliphatic heterocycles. The van der Waals surface area contributed by atoms with E-state index in [1.54, 1.807) is 0 Å². The minimum Gasteiger partial charge on any atom is -0.395 e. The summed E-state index contributed by atoms with van der Waals surface area (Å²) in [5.74, 6) is -1.04. The summed E-state index contributed by atoms with van der Waals surface area (Å²) in [5, 5.41) is 8.33. The Morgan fingerprint density at radius 3 is 2.88 bits per heavy atom. The third-order valence-corrected chi connectivity index (χ3v) is 1.99. The minimum absolute atomic E-state index is 0.131. The molecule has 1 aliphatic rings. The number of rotatable bonds is 2. The van der Waals surface area contributed by atoms with Crippen LogP contribution in [-0.2, 0) is 11.2 Å². The molecule has 0 N–H and O–H groups in total. The molecule has 82 valence electrons. The fraction of sp³-hybridized carbons (Fsp3) is 0.200. The number of fused-ring (bicyclic) bond motifs is 1. The summed E-state index contributed by atoms with van der Waals surface area (Å²) in [5.41, 5.74) is 0.209. The van der Waals surface area contributed by atoms with Crippen molar-refractivity contribution in [1.29, 1.82) is 5.26 Å². The van der Waals surface area contributed by atoms with Crippen molar-refractivity contribution in [3.8, 4) is 17.6 Å². The van der Waals surface area contributed by atoms with Crippen LogP contribution in [0.1, 0.15) is 5.56 Å². The van der Waals surface area contributed by atoms with E-state index >= 15 is 0 Å². The molecule has 4 nitrogen and oxygen atoms in total. The van der Waals surface area contributed by atoms with Crippen molar-refractivity contribution >= 4 is 5.78 Å². The minimum atomic E-state index is -3.71. The molecule has 0 amide bonds. The van der Waals surface area contributed by atoms with Gasteiger partial charge in [-0.3, -0.25) is 4.79 Å². The molecule has 16 heavy (non-hydrogen) atoms. The van der Waals surface area contributed by atoms with Gasteiger partial charge >= 0.3 is 6.29 Å². The number of para-hydroxylation sites is 1. The number of carbonyl (C=O) groups excluding carboxylic acids is 1. The fourth-order valence-electron chi connectivity index (χ4n) is 1.38. The highest BCUT2D eigenvalue weighted by molar-refractivity contribution is 5.95. The van der Waals surface area contributed by atoms with E-state index in [4.69, 9.17) is 5.26 Å². The van der Waals surface area contributed by atoms with Gasteiger partial charge in [-0.15, -0.1) is 8.78 Å². The lowest BCUT2D eigenvalue weighted by Gasteiger charge is -2.05. The van der Waals surface area contributed by atoms with E-state index in [1.165, 1.54) is 24.3 Å². The van der Waals surface area contributed by atoms with E-state index in [-0.39, 0.29) is 23.5 Å². The Balaban J connectivity index is 2.34. The maximum absolute atomic E-state index is 12.7. The molecule has 2 rings (SSSR count). The molecule has 6 heteroatoms. The average molecular weight is 225 g/mol. The number of ether oxygens (including phenoxy) is 2. The molecule has 1 aromatic rings. The molecule has 0 saturated carbocycles. The summed E-state index contributed by atoms with van der Waals surface area (Å²) in [4.78, 5) is 10.9. The monoisotopic (exact) mass is 225 g/mol. The largest absolute Gasteiger partial charge is 0.586 e. The molecule has 0 atom stereocenters. The Labute approximate surface area is 89.0 Å². The van der Waals surface area contributed by atoms with Crippen LogP contribution in [0, 0.1) is 11.3 Å². The van der Waals surface area contributed by atoms with Crippen LogP contribution in [0.5, 0.6) is 11.5 Å². The highest BCUT2D eigenvalue weighted by Crippen LogP contribution is 2.43. The Bertz CT molecular complexity index is 493. The van der Waals surface area contributed by atoms with Crippen LogP contribution in [0.4, 0.5) is 8.78 Å². The third-order valence-electron chi connectivity index (χ3n) is 1.99. The third kappa shape index (κ3) is 1.80. The van der Waals surface area contributed by atoms with E-state index in [0.717, 1.165) is 0 Å². The summed E-state index contributed by atoms with van der Waals surface area (Å²) in [6.07, 6.45) is -3.99. The maximum atomic E-state index is 12.7. The lowest BCUT2D eigenvalue weighted by molar-refractivity contribution is -0.286. The Morgan fingerprint density at radius 1 is 1.44 bits per heavy atom. The predicted molar refractivity (Wildman–Crippen MR) is 47.0 cm³/mol. The highest BCUT2D eigenvalue weighted by Gasteiger charge is 2.44. The van der Waals surface area contributed by atoms with Crippen molar-refractivity contribution in [2.45, 2.75) is 12.7 Å². The first-order chi connectivity index (χ1) is 7.52. The maximum Gasteiger partial charge on any atom is 0.586 e. The summed E-state index contributed by atoms with van der Waals surface area (Å²) >= 11 is 0. The number of hydrogen-bond acceptors (Lipinski definition) is 4. The lowest BCUT2D eigenvalue weighted by atomic mass is 10.1. The van der Waals surface area contributed by atoms with Gasteiger partial charge in [0, 0.05) is 12.0 Å². The van der Waals surface area contributed by atoms with Gasteiger partial charge in [0.1, 0.15) is 6.07 Å². The SMILES string of the molecule is N#CC(=O)Cc1cccc2c1OC(F)(F)O2. The first-order valence-corrected chi connectivity index (χ1v) is 4.32. The first-order valence-electron chi connectivity index (χ1n) is 4.32. The van der Waals surface area contributed by atoms with Crippen LogP contribution >= 0.6 is 0 Å². The van der Waals surface area contributed by atoms with Gasteiger partial charge in [0.2, 0.25) is 5.78 Å². The summed E-state index contributed by atoms with van der Waals surface area (Å²) in [6.45, 7) is 0. The second-order valence-corrected chi connectivity index (χ2v) is 3.12. The number of nitriles is 1. The lowest BCUT2D eigenvalue weighted by Crippen LogP contribution is -2.26. The number of ketones is 1. The van der Waals surface area contributed by atoms with Crippen molar-refractivity contribution in [3.63, 3.8) is 0 Å². The van der Waals surface area contributed by atoms with Crippen LogP contribution in [0.2, 0.25) is 0 Å². The Kier molecular flexibility index (Phi) is 2.23. The van der Waals surface area contributed by atoms with Gasteiger partial charge in [0.15, 0.2) is 11.5 Å². The smallest absolute Gasteiger partial charge is 0.395 e. The molecule has 0 fully saturated rings. The van der Waals surface area contributed by atoms with Gasteiger partial charge < -0.3 is 9.47 Å². The zero-order valence-electron chi connectivity index (χ0n) is 7.87. The second kappa shape index (κ2) is 3.45. The van der Waals surface area contributed by atoms with Crippen molar-refractivity contribution in [1.82, 2.24) is 0 Å². The van der Waals surface area contributed by atoms with Gasteiger partial charge in [0.05, 0.1) is 0 Å². The van der Waals surface area contributed by atoms with Crippen LogP contribution in [0.25, 0.3) is 0 Å². The summed E-state index contributed by atoms with van der Waals surface area (Å²) < 4.78 is 33.9. The highest BCUT2D eigenvalue weighted by atomic mass is 19.3. The number of Topliss-reactive ketones (excluding diaryl/α,β-unsaturated/α-hetero) is 1. The standard InChI is InChI=1S/C10H5F2NO3/c11-10(12)15-8-3-1-2-6(9(8)16-10)4-7(14)5-13/h1-3H,4H2. The molecule has 0 unspecified atom stereocenters. The average Bonchev–Trinajstić information content (AvgIpc) is 2.53. The molecule has 0 aromatic heterocycles. The van der Waals surface area contributed by atoms with Gasteiger partial charge in [-0.1, -0.05) is 12.1 Å². The molecule has 0 spiro atoms. The van der Waals surface area contributed by atoms with Crippen molar-refractivity contribution in [2.24, 2.45) is 0 Å². The van der Waals surface area contributed by atoms with Gasteiger partial charge in [-0.25, -0.2) is 0 Å². The Morgan fingerprint density at radius 2 is 2.19 bits per heavy atom. The van der Waals surface area contributed by atoms with Crippen LogP contribution in [0.3, 0.4) is 0 Å². The number of nitrogens with zero attached hydrogens (tertiary/aromatic N) is 1. The first kappa shape index (κ1) is 10.4. The van der Waals surface area contributed by atoms with E-state index in [0.29, 0.717) is 0 Å². The van der Waals surface area contributed by atoms with Crippen molar-refractivity contribution < 1.29 is 23.0 Å². The quantitative estimate of drug-likeness (QED) is 0.718. The fourth-order valence-corrected chi connectivity index (χ4v) is 1.38. The molecule has 0 bridgehead atoms. The zero-order valence-corrected chi connectivity index (χ0v) is 7.87. The Hall–Kier alpha value is -2.16. The number of halogens is 2. The summed E-state index contributed by atoms with van der Waals surface area (Å²) in [7, 11) is 0. The van der Waals surface area contributed by atoms with Gasteiger partial charge in [-0.2, -0.15) is 5.26 Å². The van der Waals surface area contributed by atoms with Gasteiger partial charge in [0.25, 0.3) is 0 Å². The molecule has 0 aliphatic carbocycles. The molecular weight excluding hydrogens is 220 g/mol. The van der Waals surface area contributed by atoms with Crippen molar-refractivity contribution in [3.05, 3.63) is 23.8 Å². The number of benzene rings is 1. The van der Waals surface area contributed by atoms with Crippen molar-refractivity contribution in [2.75, 3.05) is 0 Å². The number of hydrogen-bond donors (Lipinski definition) is 0. The van der Waals surface area contributed by atoms with E-state index in [1.807, 2.05) is 0 Å². The van der Waals surface area contributed by atoms with Gasteiger partial charge in [-0.05, 0) is 6.07 Å². The zero-order chi connectivity index (χ0) is 11.8. The van der Waals surface area contributed by atoms with E-state index in [2.05, 4.69) is 9.47 Å². The van der Waals surface area contributed by atoms with E-state index < -0.39 is 12.1 Å². The number of alkyl halides is 2. The van der Waals surface area contributed by atoms with Crippen LogP contribution < -0.4 is 9.47 Å². The summed E-state index contributed by atoms with van der Waals surface area (Å²) in [6, 6.07) is 5.58.